The second-order valence-electron chi connectivity index (χ2n) is 11.6. The highest BCUT2D eigenvalue weighted by molar-refractivity contribution is 6.10. The first-order valence-electron chi connectivity index (χ1n) is 22.5. The minimum Gasteiger partial charge on any atom is -0.310 e. The first kappa shape index (κ1) is 18.8. The molecule has 8 aromatic carbocycles. The number of para-hydroxylation sites is 3. The molecule has 0 fully saturated rings. The fraction of sp³-hybridized carbons (Fsp3) is 0. The molecule has 9 aromatic rings. The highest BCUT2D eigenvalue weighted by Gasteiger charge is 2.18. The Morgan fingerprint density at radius 2 is 1.02 bits per heavy atom. The van der Waals surface area contributed by atoms with Crippen LogP contribution in [0.5, 0.6) is 0 Å². The lowest BCUT2D eigenvalue weighted by Gasteiger charge is -2.28. The van der Waals surface area contributed by atoms with E-state index in [1.807, 2.05) is 97.1 Å². The number of aromatic nitrogens is 1. The maximum Gasteiger partial charge on any atom is 0.0645 e. The summed E-state index contributed by atoms with van der Waals surface area (Å²) < 4.78 is 119. The van der Waals surface area contributed by atoms with E-state index in [0.717, 1.165) is 38.6 Å². The van der Waals surface area contributed by atoms with Crippen LogP contribution in [0.4, 0.5) is 17.1 Å². The summed E-state index contributed by atoms with van der Waals surface area (Å²) >= 11 is 0. The topological polar surface area (TPSA) is 8.17 Å². The van der Waals surface area contributed by atoms with Crippen LogP contribution >= 0.6 is 0 Å². The Hall–Kier alpha value is -6.64. The maximum atomic E-state index is 9.63. The zero-order chi connectivity index (χ0) is 44.6. The highest BCUT2D eigenvalue weighted by atomic mass is 15.1. The minimum absolute atomic E-state index is 0.00706. The fourth-order valence-corrected chi connectivity index (χ4v) is 6.38. The summed E-state index contributed by atoms with van der Waals surface area (Å²) in [7, 11) is 0. The normalized spacial score (nSPS) is 14.8. The summed E-state index contributed by atoms with van der Waals surface area (Å²) in [6.07, 6.45) is 0. The quantitative estimate of drug-likeness (QED) is 0.166. The molecule has 1 heterocycles. The Morgan fingerprint density at radius 1 is 0.400 bits per heavy atom. The van der Waals surface area contributed by atoms with Gasteiger partial charge in [0.15, 0.2) is 0 Å². The van der Waals surface area contributed by atoms with Crippen molar-refractivity contribution in [1.29, 1.82) is 0 Å². The average molecular weight is 652 g/mol. The zero-order valence-electron chi connectivity index (χ0n) is 39.5. The van der Waals surface area contributed by atoms with Gasteiger partial charge in [-0.2, -0.15) is 0 Å². The second-order valence-corrected chi connectivity index (χ2v) is 11.6. The number of hydrogen-bond acceptors (Lipinski definition) is 1. The standard InChI is InChI=1S/C48H34N2/c1-4-14-35(15-5-1)36-24-29-41(30-25-36)49(46-22-12-10-20-43(46)38-16-6-2-7-17-38)42-31-26-37(27-32-42)39-28-33-48-45(34-39)44-21-11-13-23-47(44)50(48)40-18-8-3-9-19-40/h1-34H/i2D,6D,7D,10D,12D,16D,17D,20D,22D,26D,27D,31D,32D. The van der Waals surface area contributed by atoms with Crippen LogP contribution in [0.2, 0.25) is 0 Å². The van der Waals surface area contributed by atoms with Crippen LogP contribution in [-0.4, -0.2) is 4.57 Å². The molecule has 0 saturated carbocycles. The van der Waals surface area contributed by atoms with Gasteiger partial charge in [0.1, 0.15) is 0 Å². The summed E-state index contributed by atoms with van der Waals surface area (Å²) in [5, 5.41) is 1.73. The molecule has 0 aliphatic rings. The lowest BCUT2D eigenvalue weighted by Crippen LogP contribution is -2.11. The Bertz CT molecular complexity index is 3260. The minimum atomic E-state index is -0.746. The lowest BCUT2D eigenvalue weighted by molar-refractivity contribution is 1.18. The van der Waals surface area contributed by atoms with Crippen LogP contribution in [0.3, 0.4) is 0 Å². The molecule has 0 aliphatic carbocycles. The molecule has 0 radical (unpaired) electrons. The van der Waals surface area contributed by atoms with Crippen molar-refractivity contribution < 1.29 is 17.8 Å². The van der Waals surface area contributed by atoms with Gasteiger partial charge in [0, 0.05) is 33.4 Å². The van der Waals surface area contributed by atoms with Crippen LogP contribution < -0.4 is 4.90 Å². The first-order chi connectivity index (χ1) is 30.2. The molecule has 50 heavy (non-hydrogen) atoms. The number of anilines is 3. The molecule has 0 saturated heterocycles. The van der Waals surface area contributed by atoms with Crippen molar-refractivity contribution in [1.82, 2.24) is 4.57 Å². The van der Waals surface area contributed by atoms with E-state index >= 15 is 0 Å². The van der Waals surface area contributed by atoms with Crippen molar-refractivity contribution in [2.45, 2.75) is 0 Å². The Labute approximate surface area is 311 Å². The van der Waals surface area contributed by atoms with Gasteiger partial charge in [-0.3, -0.25) is 0 Å². The van der Waals surface area contributed by atoms with E-state index in [1.165, 1.54) is 4.90 Å². The smallest absolute Gasteiger partial charge is 0.0645 e. The van der Waals surface area contributed by atoms with Crippen LogP contribution in [0.15, 0.2) is 206 Å². The molecule has 0 aliphatic heterocycles. The summed E-state index contributed by atoms with van der Waals surface area (Å²) in [6, 6.07) is 30.7. The third-order valence-corrected chi connectivity index (χ3v) is 8.68. The molecule has 0 spiro atoms. The van der Waals surface area contributed by atoms with E-state index < -0.39 is 95.4 Å². The van der Waals surface area contributed by atoms with Crippen LogP contribution in [-0.2, 0) is 0 Å². The molecule has 2 heteroatoms. The number of fused-ring (bicyclic) bond motifs is 3. The van der Waals surface area contributed by atoms with Crippen LogP contribution in [0, 0.1) is 0 Å². The molecular weight excluding hydrogens is 605 g/mol. The summed E-state index contributed by atoms with van der Waals surface area (Å²) in [6.45, 7) is 0. The van der Waals surface area contributed by atoms with Gasteiger partial charge >= 0.3 is 0 Å². The SMILES string of the molecule is [2H]c1c([2H])c([2H])c(-c2c([2H])c([2H])c([2H])c([2H])c2N(c2ccc(-c3ccccc3)cc2)c2c([2H])c([2H])c(-c3ccc4c(c3)c3ccccc3n4-c3ccccc3)c([2H])c2[2H])c([2H])c1[2H]. The number of rotatable bonds is 7. The van der Waals surface area contributed by atoms with Crippen molar-refractivity contribution in [2.75, 3.05) is 4.90 Å². The molecule has 0 amide bonds. The van der Waals surface area contributed by atoms with Crippen molar-refractivity contribution in [3.8, 4) is 39.1 Å². The molecule has 0 N–H and O–H groups in total. The maximum absolute atomic E-state index is 9.63. The second kappa shape index (κ2) is 12.8. The number of nitrogens with zero attached hydrogens (tertiary/aromatic N) is 2. The van der Waals surface area contributed by atoms with E-state index in [1.54, 1.807) is 30.3 Å². The molecule has 2 nitrogen and oxygen atoms in total. The number of hydrogen-bond donors (Lipinski definition) is 0. The van der Waals surface area contributed by atoms with E-state index in [0.29, 0.717) is 5.56 Å². The van der Waals surface area contributed by atoms with Gasteiger partial charge < -0.3 is 9.47 Å². The van der Waals surface area contributed by atoms with Gasteiger partial charge in [-0.05, 0) is 88.4 Å². The molecule has 236 valence electrons. The molecule has 1 aromatic heterocycles. The van der Waals surface area contributed by atoms with Gasteiger partial charge in [-0.1, -0.05) is 145 Å². The third-order valence-electron chi connectivity index (χ3n) is 8.68. The third kappa shape index (κ3) is 5.34. The van der Waals surface area contributed by atoms with Gasteiger partial charge in [-0.15, -0.1) is 0 Å². The predicted molar refractivity (Wildman–Crippen MR) is 212 cm³/mol. The Kier molecular flexibility index (Phi) is 4.79. The first-order valence-corrected chi connectivity index (χ1v) is 16.0. The molecule has 0 bridgehead atoms. The van der Waals surface area contributed by atoms with Gasteiger partial charge in [0.2, 0.25) is 0 Å². The largest absolute Gasteiger partial charge is 0.310 e. The van der Waals surface area contributed by atoms with Crippen LogP contribution in [0.1, 0.15) is 17.8 Å². The summed E-state index contributed by atoms with van der Waals surface area (Å²) in [4.78, 5) is 1.17. The summed E-state index contributed by atoms with van der Waals surface area (Å²) in [5.74, 6) is 0. The predicted octanol–water partition coefficient (Wildman–Crippen LogP) is 13.3. The molecule has 0 unspecified atom stereocenters. The average Bonchev–Trinajstić information content (AvgIpc) is 3.64. The fourth-order valence-electron chi connectivity index (χ4n) is 6.38. The van der Waals surface area contributed by atoms with E-state index in [9.17, 15) is 6.85 Å². The Balaban J connectivity index is 1.33. The van der Waals surface area contributed by atoms with Gasteiger partial charge in [-0.25, -0.2) is 0 Å². The Morgan fingerprint density at radius 3 is 1.80 bits per heavy atom. The number of benzene rings is 8. The van der Waals surface area contributed by atoms with Gasteiger partial charge in [0.25, 0.3) is 0 Å². The van der Waals surface area contributed by atoms with E-state index in [-0.39, 0.29) is 16.9 Å². The molecular formula is C48H34N2. The van der Waals surface area contributed by atoms with Gasteiger partial charge in [0.05, 0.1) is 34.5 Å². The summed E-state index contributed by atoms with van der Waals surface area (Å²) in [5.41, 5.74) is 3.07. The van der Waals surface area contributed by atoms with Crippen molar-refractivity contribution in [3.63, 3.8) is 0 Å². The molecule has 9 rings (SSSR count). The monoisotopic (exact) mass is 651 g/mol. The van der Waals surface area contributed by atoms with Crippen molar-refractivity contribution in [2.24, 2.45) is 0 Å². The van der Waals surface area contributed by atoms with E-state index in [2.05, 4.69) is 4.57 Å². The highest BCUT2D eigenvalue weighted by Crippen LogP contribution is 2.42. The van der Waals surface area contributed by atoms with E-state index in [4.69, 9.17) is 11.0 Å². The van der Waals surface area contributed by atoms with Crippen molar-refractivity contribution >= 4 is 38.9 Å². The zero-order valence-corrected chi connectivity index (χ0v) is 26.5. The van der Waals surface area contributed by atoms with Crippen molar-refractivity contribution in [3.05, 3.63) is 206 Å². The molecule has 0 atom stereocenters. The van der Waals surface area contributed by atoms with Crippen LogP contribution in [0.25, 0.3) is 60.9 Å². The lowest BCUT2D eigenvalue weighted by atomic mass is 10.00.